The smallest absolute Gasteiger partial charge is 0.241 e. The van der Waals surface area contributed by atoms with Gasteiger partial charge in [0.2, 0.25) is 5.91 Å². The van der Waals surface area contributed by atoms with Gasteiger partial charge in [-0.1, -0.05) is 24.3 Å². The van der Waals surface area contributed by atoms with Crippen molar-refractivity contribution in [3.05, 3.63) is 54.1 Å². The van der Waals surface area contributed by atoms with Crippen LogP contribution in [-0.2, 0) is 11.3 Å². The third-order valence-corrected chi connectivity index (χ3v) is 4.65. The lowest BCUT2D eigenvalue weighted by atomic mass is 10.1. The van der Waals surface area contributed by atoms with Gasteiger partial charge in [0, 0.05) is 19.5 Å². The number of benzene rings is 2. The molecule has 5 heteroatoms. The van der Waals surface area contributed by atoms with Crippen molar-refractivity contribution in [2.75, 3.05) is 19.0 Å². The minimum absolute atomic E-state index is 0.0421. The van der Waals surface area contributed by atoms with Crippen molar-refractivity contribution < 1.29 is 14.3 Å². The molecular weight excluding hydrogens is 304 g/mol. The number of carbonyl (C=O) groups is 1. The van der Waals surface area contributed by atoms with Crippen LogP contribution in [0.2, 0.25) is 0 Å². The Hall–Kier alpha value is -2.53. The van der Waals surface area contributed by atoms with Crippen LogP contribution in [0.4, 0.5) is 5.69 Å². The molecule has 2 atom stereocenters. The highest BCUT2D eigenvalue weighted by Gasteiger charge is 2.39. The monoisotopic (exact) mass is 324 g/mol. The molecule has 2 aliphatic heterocycles. The number of methoxy groups -OCH3 is 1. The first-order valence-corrected chi connectivity index (χ1v) is 8.16. The maximum Gasteiger partial charge on any atom is 0.241 e. The molecule has 1 saturated heterocycles. The zero-order chi connectivity index (χ0) is 16.5. The van der Waals surface area contributed by atoms with Gasteiger partial charge in [0.25, 0.3) is 0 Å². The summed E-state index contributed by atoms with van der Waals surface area (Å²) in [4.78, 5) is 14.8. The number of nitrogens with one attached hydrogen (secondary N) is 1. The summed E-state index contributed by atoms with van der Waals surface area (Å²) in [5.74, 6) is 1.63. The Labute approximate surface area is 141 Å². The van der Waals surface area contributed by atoms with E-state index in [0.717, 1.165) is 42.3 Å². The van der Waals surface area contributed by atoms with Gasteiger partial charge in [0.1, 0.15) is 17.6 Å². The van der Waals surface area contributed by atoms with Crippen LogP contribution in [-0.4, -0.2) is 36.6 Å². The number of fused-ring (bicyclic) bond motifs is 3. The zero-order valence-electron chi connectivity index (χ0n) is 13.6. The first-order valence-electron chi connectivity index (χ1n) is 8.16. The summed E-state index contributed by atoms with van der Waals surface area (Å²) in [7, 11) is 1.66. The molecule has 24 heavy (non-hydrogen) atoms. The second kappa shape index (κ2) is 6.17. The molecule has 0 aromatic heterocycles. The van der Waals surface area contributed by atoms with Gasteiger partial charge in [-0.05, 0) is 29.8 Å². The number of hydrogen-bond donors (Lipinski definition) is 1. The summed E-state index contributed by atoms with van der Waals surface area (Å²) in [5, 5.41) is 3.00. The van der Waals surface area contributed by atoms with Crippen LogP contribution < -0.4 is 14.8 Å². The van der Waals surface area contributed by atoms with E-state index in [-0.39, 0.29) is 18.1 Å². The fraction of sp³-hybridized carbons (Fsp3) is 0.316. The van der Waals surface area contributed by atoms with Crippen molar-refractivity contribution >= 4 is 11.6 Å². The standard InChI is InChI=1S/C19H20N2O3/c1-23-14-8-6-13(7-9-14)11-21-12-15-10-17(21)19(22)20-16-4-2-3-5-18(16)24-15/h2-9,15,17H,10-12H2,1H3,(H,20,22)/t15-,17-/m0/s1. The van der Waals surface area contributed by atoms with E-state index in [9.17, 15) is 4.79 Å². The van der Waals surface area contributed by atoms with Gasteiger partial charge in [-0.15, -0.1) is 0 Å². The van der Waals surface area contributed by atoms with Crippen molar-refractivity contribution in [1.82, 2.24) is 4.90 Å². The lowest BCUT2D eigenvalue weighted by Crippen LogP contribution is -2.39. The maximum absolute atomic E-state index is 12.7. The first-order chi connectivity index (χ1) is 11.7. The van der Waals surface area contributed by atoms with Gasteiger partial charge in [-0.3, -0.25) is 9.69 Å². The molecule has 0 spiro atoms. The minimum Gasteiger partial charge on any atom is -0.497 e. The van der Waals surface area contributed by atoms with Crippen LogP contribution in [0, 0.1) is 0 Å². The molecule has 2 aromatic rings. The van der Waals surface area contributed by atoms with Crippen LogP contribution >= 0.6 is 0 Å². The Balaban J connectivity index is 1.54. The molecule has 1 N–H and O–H groups in total. The third-order valence-electron chi connectivity index (χ3n) is 4.65. The second-order valence-corrected chi connectivity index (χ2v) is 6.25. The summed E-state index contributed by atoms with van der Waals surface area (Å²) >= 11 is 0. The number of para-hydroxylation sites is 2. The van der Waals surface area contributed by atoms with E-state index >= 15 is 0 Å². The second-order valence-electron chi connectivity index (χ2n) is 6.25. The molecule has 0 radical (unpaired) electrons. The average Bonchev–Trinajstić information content (AvgIpc) is 3.00. The Morgan fingerprint density at radius 3 is 2.79 bits per heavy atom. The summed E-state index contributed by atoms with van der Waals surface area (Å²) < 4.78 is 11.3. The van der Waals surface area contributed by atoms with Crippen molar-refractivity contribution in [2.45, 2.75) is 25.1 Å². The summed E-state index contributed by atoms with van der Waals surface area (Å²) in [6, 6.07) is 15.4. The SMILES string of the molecule is COc1ccc(CN2C[C@@H]3C[C@H]2C(=O)Nc2ccccc2O3)cc1. The van der Waals surface area contributed by atoms with Gasteiger partial charge in [-0.2, -0.15) is 0 Å². The molecule has 2 aromatic carbocycles. The van der Waals surface area contributed by atoms with Crippen LogP contribution in [0.5, 0.6) is 11.5 Å². The molecule has 5 nitrogen and oxygen atoms in total. The molecular formula is C19H20N2O3. The molecule has 2 heterocycles. The molecule has 4 rings (SSSR count). The van der Waals surface area contributed by atoms with Crippen LogP contribution in [0.1, 0.15) is 12.0 Å². The minimum atomic E-state index is -0.162. The molecule has 124 valence electrons. The Bertz CT molecular complexity index is 745. The van der Waals surface area contributed by atoms with Crippen molar-refractivity contribution in [3.8, 4) is 11.5 Å². The molecule has 2 aliphatic rings. The number of nitrogens with zero attached hydrogens (tertiary/aromatic N) is 1. The fourth-order valence-electron chi connectivity index (χ4n) is 3.43. The Morgan fingerprint density at radius 2 is 2.00 bits per heavy atom. The van der Waals surface area contributed by atoms with Gasteiger partial charge in [-0.25, -0.2) is 0 Å². The Kier molecular flexibility index (Phi) is 3.86. The van der Waals surface area contributed by atoms with E-state index in [1.807, 2.05) is 48.5 Å². The number of rotatable bonds is 3. The van der Waals surface area contributed by atoms with E-state index in [2.05, 4.69) is 10.2 Å². The Morgan fingerprint density at radius 1 is 1.21 bits per heavy atom. The van der Waals surface area contributed by atoms with Crippen molar-refractivity contribution in [2.24, 2.45) is 0 Å². The van der Waals surface area contributed by atoms with Crippen LogP contribution in [0.3, 0.4) is 0 Å². The molecule has 0 unspecified atom stereocenters. The highest BCUT2D eigenvalue weighted by Crippen LogP contribution is 2.33. The molecule has 1 amide bonds. The average molecular weight is 324 g/mol. The topological polar surface area (TPSA) is 50.8 Å². The van der Waals surface area contributed by atoms with Crippen LogP contribution in [0.25, 0.3) is 0 Å². The first kappa shape index (κ1) is 15.0. The zero-order valence-corrected chi connectivity index (χ0v) is 13.6. The number of carbonyl (C=O) groups excluding carboxylic acids is 1. The van der Waals surface area contributed by atoms with Gasteiger partial charge in [0.15, 0.2) is 0 Å². The van der Waals surface area contributed by atoms with E-state index in [1.165, 1.54) is 0 Å². The number of likely N-dealkylation sites (tertiary alicyclic amines) is 1. The number of ether oxygens (including phenoxy) is 2. The maximum atomic E-state index is 12.7. The van der Waals surface area contributed by atoms with E-state index in [4.69, 9.17) is 9.47 Å². The predicted octanol–water partition coefficient (Wildman–Crippen LogP) is 2.67. The highest BCUT2D eigenvalue weighted by atomic mass is 16.5. The largest absolute Gasteiger partial charge is 0.497 e. The normalized spacial score (nSPS) is 22.8. The fourth-order valence-corrected chi connectivity index (χ4v) is 3.43. The summed E-state index contributed by atoms with van der Waals surface area (Å²) in [5.41, 5.74) is 1.91. The van der Waals surface area contributed by atoms with Crippen LogP contribution in [0.15, 0.2) is 48.5 Å². The lowest BCUT2D eigenvalue weighted by Gasteiger charge is -2.23. The van der Waals surface area contributed by atoms with Gasteiger partial charge in [0.05, 0.1) is 18.8 Å². The van der Waals surface area contributed by atoms with E-state index < -0.39 is 0 Å². The molecule has 0 saturated carbocycles. The summed E-state index contributed by atoms with van der Waals surface area (Å²) in [6.07, 6.45) is 0.761. The molecule has 0 aliphatic carbocycles. The molecule has 2 bridgehead atoms. The van der Waals surface area contributed by atoms with Gasteiger partial charge >= 0.3 is 0 Å². The summed E-state index contributed by atoms with van der Waals surface area (Å²) in [6.45, 7) is 1.47. The molecule has 1 fully saturated rings. The number of hydrogen-bond acceptors (Lipinski definition) is 4. The number of amides is 1. The quantitative estimate of drug-likeness (QED) is 0.943. The van der Waals surface area contributed by atoms with Gasteiger partial charge < -0.3 is 14.8 Å². The van der Waals surface area contributed by atoms with E-state index in [1.54, 1.807) is 7.11 Å². The van der Waals surface area contributed by atoms with Crippen molar-refractivity contribution in [3.63, 3.8) is 0 Å². The van der Waals surface area contributed by atoms with E-state index in [0.29, 0.717) is 0 Å². The third kappa shape index (κ3) is 2.83. The highest BCUT2D eigenvalue weighted by molar-refractivity contribution is 5.96. The number of anilines is 1. The lowest BCUT2D eigenvalue weighted by molar-refractivity contribution is -0.120. The predicted molar refractivity (Wildman–Crippen MR) is 91.3 cm³/mol. The van der Waals surface area contributed by atoms with Crippen molar-refractivity contribution in [1.29, 1.82) is 0 Å².